The zero-order valence-corrected chi connectivity index (χ0v) is 19.7. The summed E-state index contributed by atoms with van der Waals surface area (Å²) in [5, 5.41) is 3.40. The van der Waals surface area contributed by atoms with Crippen LogP contribution in [-0.2, 0) is 19.3 Å². The van der Waals surface area contributed by atoms with Gasteiger partial charge in [-0.15, -0.1) is 24.8 Å². The van der Waals surface area contributed by atoms with E-state index in [0.717, 1.165) is 30.8 Å². The molecule has 1 aromatic heterocycles. The summed E-state index contributed by atoms with van der Waals surface area (Å²) in [5.74, 6) is 1.24. The molecule has 4 rings (SSSR count). The quantitative estimate of drug-likeness (QED) is 0.718. The summed E-state index contributed by atoms with van der Waals surface area (Å²) in [4.78, 5) is 36.7. The average molecular weight is 468 g/mol. The van der Waals surface area contributed by atoms with Crippen molar-refractivity contribution in [3.05, 3.63) is 57.0 Å². The van der Waals surface area contributed by atoms with Gasteiger partial charge in [-0.1, -0.05) is 12.1 Å². The Bertz CT molecular complexity index is 957. The highest BCUT2D eigenvalue weighted by molar-refractivity contribution is 5.94. The van der Waals surface area contributed by atoms with Crippen LogP contribution in [0.5, 0.6) is 0 Å². The maximum atomic E-state index is 13.2. The van der Waals surface area contributed by atoms with Gasteiger partial charge in [0.15, 0.2) is 0 Å². The minimum Gasteiger partial charge on any atom is -0.348 e. The third-order valence-electron chi connectivity index (χ3n) is 5.91. The van der Waals surface area contributed by atoms with Crippen LogP contribution in [-0.4, -0.2) is 61.0 Å². The second-order valence-electron chi connectivity index (χ2n) is 8.26. The van der Waals surface area contributed by atoms with Gasteiger partial charge in [-0.05, 0) is 56.0 Å². The summed E-state index contributed by atoms with van der Waals surface area (Å²) in [5.41, 5.74) is 3.36. The lowest BCUT2D eigenvalue weighted by Crippen LogP contribution is -2.33. The molecule has 1 aromatic carbocycles. The maximum absolute atomic E-state index is 13.2. The Balaban J connectivity index is 0.00000171. The van der Waals surface area contributed by atoms with E-state index in [-0.39, 0.29) is 36.3 Å². The van der Waals surface area contributed by atoms with E-state index in [0.29, 0.717) is 43.4 Å². The molecule has 2 aromatic rings. The first-order valence-electron chi connectivity index (χ1n) is 10.4. The number of anilines is 1. The summed E-state index contributed by atoms with van der Waals surface area (Å²) in [6, 6.07) is 8.02. The molecule has 0 aliphatic carbocycles. The van der Waals surface area contributed by atoms with Crippen molar-refractivity contribution in [1.29, 1.82) is 0 Å². The second kappa shape index (κ2) is 11.0. The fraction of sp³-hybridized carbons (Fsp3) is 0.500. The van der Waals surface area contributed by atoms with Crippen molar-refractivity contribution in [2.45, 2.75) is 25.7 Å². The molecule has 1 saturated heterocycles. The molecule has 170 valence electrons. The standard InChI is InChI=1S/C22H29N5O2.2ClH/c1-26(2)22-24-19-8-11-27(10-7-18(19)20(28)25-22)21(29)17-5-3-4-15(13-17)12-16-6-9-23-14-16;;/h3-5,13,16,23H,6-12,14H2,1-2H3,(H,24,25,28);2*1H. The number of nitrogens with one attached hydrogen (secondary N) is 2. The lowest BCUT2D eigenvalue weighted by atomic mass is 9.97. The molecule has 7 nitrogen and oxygen atoms in total. The fourth-order valence-electron chi connectivity index (χ4n) is 4.25. The number of nitrogens with zero attached hydrogens (tertiary/aromatic N) is 3. The molecule has 0 radical (unpaired) electrons. The van der Waals surface area contributed by atoms with E-state index in [1.165, 1.54) is 12.0 Å². The highest BCUT2D eigenvalue weighted by Crippen LogP contribution is 2.19. The van der Waals surface area contributed by atoms with Crippen LogP contribution in [0.1, 0.15) is 33.6 Å². The van der Waals surface area contributed by atoms with Crippen molar-refractivity contribution < 1.29 is 4.79 Å². The monoisotopic (exact) mass is 467 g/mol. The normalized spacial score (nSPS) is 17.7. The molecule has 9 heteroatoms. The van der Waals surface area contributed by atoms with E-state index >= 15 is 0 Å². The van der Waals surface area contributed by atoms with Crippen LogP contribution >= 0.6 is 24.8 Å². The van der Waals surface area contributed by atoms with Gasteiger partial charge >= 0.3 is 0 Å². The van der Waals surface area contributed by atoms with Gasteiger partial charge in [-0.3, -0.25) is 14.6 Å². The smallest absolute Gasteiger partial charge is 0.255 e. The van der Waals surface area contributed by atoms with Gasteiger partial charge in [0, 0.05) is 44.7 Å². The van der Waals surface area contributed by atoms with Crippen LogP contribution in [0.15, 0.2) is 29.1 Å². The number of benzene rings is 1. The maximum Gasteiger partial charge on any atom is 0.255 e. The average Bonchev–Trinajstić information content (AvgIpc) is 3.11. The first-order valence-corrected chi connectivity index (χ1v) is 10.4. The topological polar surface area (TPSA) is 81.3 Å². The summed E-state index contributed by atoms with van der Waals surface area (Å²) in [6.07, 6.45) is 3.33. The number of rotatable bonds is 4. The van der Waals surface area contributed by atoms with Crippen molar-refractivity contribution in [2.75, 3.05) is 45.2 Å². The van der Waals surface area contributed by atoms with Gasteiger partial charge in [-0.25, -0.2) is 4.98 Å². The highest BCUT2D eigenvalue weighted by Gasteiger charge is 2.23. The Morgan fingerprint density at radius 3 is 2.71 bits per heavy atom. The third kappa shape index (κ3) is 5.79. The minimum absolute atomic E-state index is 0. The van der Waals surface area contributed by atoms with Gasteiger partial charge in [0.1, 0.15) is 0 Å². The zero-order chi connectivity index (χ0) is 20.4. The first-order chi connectivity index (χ1) is 14.0. The Hall–Kier alpha value is -2.09. The number of carbonyl (C=O) groups excluding carboxylic acids is 1. The van der Waals surface area contributed by atoms with Gasteiger partial charge in [0.25, 0.3) is 11.5 Å². The van der Waals surface area contributed by atoms with E-state index < -0.39 is 0 Å². The van der Waals surface area contributed by atoms with E-state index in [4.69, 9.17) is 0 Å². The van der Waals surface area contributed by atoms with E-state index in [9.17, 15) is 9.59 Å². The fourth-order valence-corrected chi connectivity index (χ4v) is 4.25. The summed E-state index contributed by atoms with van der Waals surface area (Å²) < 4.78 is 0. The number of halogens is 2. The summed E-state index contributed by atoms with van der Waals surface area (Å²) in [6.45, 7) is 3.25. The molecule has 31 heavy (non-hydrogen) atoms. The van der Waals surface area contributed by atoms with E-state index in [1.54, 1.807) is 4.90 Å². The van der Waals surface area contributed by atoms with Crippen LogP contribution in [0.3, 0.4) is 0 Å². The molecule has 2 aliphatic rings. The van der Waals surface area contributed by atoms with E-state index in [2.05, 4.69) is 21.4 Å². The zero-order valence-electron chi connectivity index (χ0n) is 18.0. The minimum atomic E-state index is -0.0971. The molecule has 1 atom stereocenters. The molecule has 0 saturated carbocycles. The Morgan fingerprint density at radius 1 is 1.23 bits per heavy atom. The molecule has 1 amide bonds. The molecule has 0 bridgehead atoms. The van der Waals surface area contributed by atoms with Crippen LogP contribution in [0.2, 0.25) is 0 Å². The van der Waals surface area contributed by atoms with Crippen LogP contribution < -0.4 is 15.8 Å². The lowest BCUT2D eigenvalue weighted by Gasteiger charge is -2.20. The number of fused-ring (bicyclic) bond motifs is 1. The number of amides is 1. The first kappa shape index (κ1) is 25.2. The number of hydrogen-bond donors (Lipinski definition) is 2. The van der Waals surface area contributed by atoms with Crippen molar-refractivity contribution in [3.8, 4) is 0 Å². The number of aromatic nitrogens is 2. The van der Waals surface area contributed by atoms with Crippen LogP contribution in [0.25, 0.3) is 0 Å². The predicted molar refractivity (Wildman–Crippen MR) is 128 cm³/mol. The molecular formula is C22H31Cl2N5O2. The van der Waals surface area contributed by atoms with Gasteiger partial charge in [0.05, 0.1) is 5.69 Å². The van der Waals surface area contributed by atoms with Gasteiger partial charge in [0.2, 0.25) is 5.95 Å². The van der Waals surface area contributed by atoms with Crippen molar-refractivity contribution in [1.82, 2.24) is 20.2 Å². The number of hydrogen-bond acceptors (Lipinski definition) is 5. The molecule has 1 unspecified atom stereocenters. The molecule has 1 fully saturated rings. The van der Waals surface area contributed by atoms with Gasteiger partial charge < -0.3 is 15.1 Å². The third-order valence-corrected chi connectivity index (χ3v) is 5.91. The molecule has 2 N–H and O–H groups in total. The number of carbonyl (C=O) groups is 1. The summed E-state index contributed by atoms with van der Waals surface area (Å²) >= 11 is 0. The van der Waals surface area contributed by atoms with Crippen LogP contribution in [0, 0.1) is 5.92 Å². The molecule has 0 spiro atoms. The molecular weight excluding hydrogens is 437 g/mol. The molecule has 3 heterocycles. The van der Waals surface area contributed by atoms with E-state index in [1.807, 2.05) is 37.2 Å². The SMILES string of the molecule is CN(C)c1nc2c(c(=O)[nH]1)CCN(C(=O)c1cccc(CC3CCNC3)c1)CC2.Cl.Cl. The Morgan fingerprint density at radius 2 is 2.00 bits per heavy atom. The number of H-pyrrole nitrogens is 1. The van der Waals surface area contributed by atoms with Gasteiger partial charge in [-0.2, -0.15) is 0 Å². The van der Waals surface area contributed by atoms with Crippen molar-refractivity contribution >= 4 is 36.7 Å². The highest BCUT2D eigenvalue weighted by atomic mass is 35.5. The predicted octanol–water partition coefficient (Wildman–Crippen LogP) is 2.07. The van der Waals surface area contributed by atoms with Crippen molar-refractivity contribution in [3.63, 3.8) is 0 Å². The number of aromatic amines is 1. The Labute approximate surface area is 195 Å². The lowest BCUT2D eigenvalue weighted by molar-refractivity contribution is 0.0762. The molecule has 2 aliphatic heterocycles. The largest absolute Gasteiger partial charge is 0.348 e. The van der Waals surface area contributed by atoms with Crippen LogP contribution in [0.4, 0.5) is 5.95 Å². The second-order valence-corrected chi connectivity index (χ2v) is 8.26. The van der Waals surface area contributed by atoms with Crippen molar-refractivity contribution in [2.24, 2.45) is 5.92 Å². The summed E-state index contributed by atoms with van der Waals surface area (Å²) in [7, 11) is 3.71. The Kier molecular flexibility index (Phi) is 8.91.